The molecule has 1 aromatic heterocycles. The highest BCUT2D eigenvalue weighted by molar-refractivity contribution is 7.91. The topological polar surface area (TPSA) is 79.4 Å². The standard InChI is InChI=1S/C27H32FN3O3S2/c1-5-36(33,34)22-12-8-20(9-13-22)15-24(32)29-27-30-25-23(35-27)16-31(26(25)17(2)3)18(4)14-19-6-10-21(28)11-7-19/h6-13,17-18,26H,5,14-16H2,1-4H3,(H,29,30,32)/t18-,26?/m0/s1. The van der Waals surface area contributed by atoms with Gasteiger partial charge in [0.25, 0.3) is 0 Å². The lowest BCUT2D eigenvalue weighted by molar-refractivity contribution is -0.115. The smallest absolute Gasteiger partial charge is 0.230 e. The number of fused-ring (bicyclic) bond motifs is 1. The Labute approximate surface area is 216 Å². The molecule has 0 aliphatic carbocycles. The normalized spacial score (nSPS) is 16.8. The van der Waals surface area contributed by atoms with Gasteiger partial charge in [-0.3, -0.25) is 9.69 Å². The quantitative estimate of drug-likeness (QED) is 0.402. The molecule has 6 nitrogen and oxygen atoms in total. The molecule has 2 heterocycles. The molecule has 1 N–H and O–H groups in total. The van der Waals surface area contributed by atoms with Crippen molar-refractivity contribution in [2.75, 3.05) is 11.1 Å². The highest BCUT2D eigenvalue weighted by atomic mass is 32.2. The van der Waals surface area contributed by atoms with Crippen molar-refractivity contribution in [2.24, 2.45) is 5.92 Å². The number of benzene rings is 2. The molecular formula is C27H32FN3O3S2. The Bertz CT molecular complexity index is 1320. The predicted octanol–water partition coefficient (Wildman–Crippen LogP) is 5.40. The molecule has 2 aromatic carbocycles. The van der Waals surface area contributed by atoms with E-state index < -0.39 is 9.84 Å². The Morgan fingerprint density at radius 3 is 2.36 bits per heavy atom. The van der Waals surface area contributed by atoms with Gasteiger partial charge in [0.15, 0.2) is 15.0 Å². The third-order valence-electron chi connectivity index (χ3n) is 6.61. The van der Waals surface area contributed by atoms with Crippen LogP contribution in [0, 0.1) is 11.7 Å². The molecule has 2 atom stereocenters. The van der Waals surface area contributed by atoms with Crippen molar-refractivity contribution in [1.82, 2.24) is 9.88 Å². The minimum absolute atomic E-state index is 0.0430. The van der Waals surface area contributed by atoms with Gasteiger partial charge in [-0.05, 0) is 54.7 Å². The lowest BCUT2D eigenvalue weighted by atomic mass is 9.98. The maximum Gasteiger partial charge on any atom is 0.230 e. The van der Waals surface area contributed by atoms with Gasteiger partial charge < -0.3 is 5.32 Å². The minimum Gasteiger partial charge on any atom is -0.302 e. The monoisotopic (exact) mass is 529 g/mol. The number of hydrogen-bond donors (Lipinski definition) is 1. The SMILES string of the molecule is CCS(=O)(=O)c1ccc(CC(=O)Nc2nc3c(s2)CN([C@@H](C)Cc2ccc(F)cc2)C3C(C)C)cc1. The molecule has 1 aliphatic heterocycles. The molecule has 1 unspecified atom stereocenters. The van der Waals surface area contributed by atoms with E-state index in [9.17, 15) is 17.6 Å². The molecule has 192 valence electrons. The lowest BCUT2D eigenvalue weighted by Gasteiger charge is -2.33. The second-order valence-corrected chi connectivity index (χ2v) is 13.0. The summed E-state index contributed by atoms with van der Waals surface area (Å²) in [4.78, 5) is 21.3. The summed E-state index contributed by atoms with van der Waals surface area (Å²) in [6.07, 6.45) is 0.964. The van der Waals surface area contributed by atoms with Gasteiger partial charge in [0.05, 0.1) is 28.8 Å². The Kier molecular flexibility index (Phi) is 7.92. The average molecular weight is 530 g/mol. The summed E-state index contributed by atoms with van der Waals surface area (Å²) in [7, 11) is -3.26. The van der Waals surface area contributed by atoms with Crippen LogP contribution in [0.25, 0.3) is 0 Å². The number of anilines is 1. The van der Waals surface area contributed by atoms with E-state index in [2.05, 4.69) is 31.0 Å². The summed E-state index contributed by atoms with van der Waals surface area (Å²) in [5.74, 6) is -0.0295. The van der Waals surface area contributed by atoms with Gasteiger partial charge in [0.2, 0.25) is 5.91 Å². The second-order valence-electron chi connectivity index (χ2n) is 9.64. The summed E-state index contributed by atoms with van der Waals surface area (Å²) in [5.41, 5.74) is 2.86. The van der Waals surface area contributed by atoms with E-state index in [1.165, 1.54) is 23.5 Å². The first-order valence-corrected chi connectivity index (χ1v) is 14.7. The van der Waals surface area contributed by atoms with E-state index in [1.54, 1.807) is 31.2 Å². The van der Waals surface area contributed by atoms with Crippen molar-refractivity contribution in [3.8, 4) is 0 Å². The van der Waals surface area contributed by atoms with E-state index in [4.69, 9.17) is 4.98 Å². The van der Waals surface area contributed by atoms with Crippen molar-refractivity contribution in [2.45, 2.75) is 64.1 Å². The fraction of sp³-hybridized carbons (Fsp3) is 0.407. The zero-order valence-electron chi connectivity index (χ0n) is 21.0. The van der Waals surface area contributed by atoms with Crippen LogP contribution in [0.1, 0.15) is 55.4 Å². The summed E-state index contributed by atoms with van der Waals surface area (Å²) >= 11 is 1.51. The predicted molar refractivity (Wildman–Crippen MR) is 141 cm³/mol. The number of thiazole rings is 1. The van der Waals surface area contributed by atoms with Gasteiger partial charge in [0, 0.05) is 17.5 Å². The van der Waals surface area contributed by atoms with Crippen LogP contribution in [0.4, 0.5) is 9.52 Å². The highest BCUT2D eigenvalue weighted by Crippen LogP contribution is 2.43. The van der Waals surface area contributed by atoms with Crippen LogP contribution in [-0.4, -0.2) is 36.0 Å². The molecule has 0 fully saturated rings. The summed E-state index contributed by atoms with van der Waals surface area (Å²) < 4.78 is 37.3. The molecule has 0 saturated heterocycles. The van der Waals surface area contributed by atoms with Gasteiger partial charge in [-0.15, -0.1) is 11.3 Å². The molecule has 1 aliphatic rings. The first kappa shape index (κ1) is 26.4. The molecule has 0 bridgehead atoms. The molecule has 0 radical (unpaired) electrons. The van der Waals surface area contributed by atoms with Crippen LogP contribution in [0.3, 0.4) is 0 Å². The Balaban J connectivity index is 1.41. The van der Waals surface area contributed by atoms with E-state index in [0.29, 0.717) is 11.0 Å². The zero-order chi connectivity index (χ0) is 26.0. The van der Waals surface area contributed by atoms with Crippen LogP contribution < -0.4 is 5.32 Å². The first-order chi connectivity index (χ1) is 17.1. The molecular weight excluding hydrogens is 497 g/mol. The van der Waals surface area contributed by atoms with E-state index in [0.717, 1.165) is 34.7 Å². The van der Waals surface area contributed by atoms with Crippen LogP contribution in [0.5, 0.6) is 0 Å². The highest BCUT2D eigenvalue weighted by Gasteiger charge is 2.38. The van der Waals surface area contributed by atoms with Crippen LogP contribution in [-0.2, 0) is 34.0 Å². The summed E-state index contributed by atoms with van der Waals surface area (Å²) in [6, 6.07) is 13.5. The number of nitrogens with one attached hydrogen (secondary N) is 1. The number of rotatable bonds is 9. The van der Waals surface area contributed by atoms with E-state index >= 15 is 0 Å². The van der Waals surface area contributed by atoms with Crippen LogP contribution >= 0.6 is 11.3 Å². The first-order valence-electron chi connectivity index (χ1n) is 12.2. The third-order valence-corrected chi connectivity index (χ3v) is 9.33. The van der Waals surface area contributed by atoms with Crippen LogP contribution in [0.2, 0.25) is 0 Å². The summed E-state index contributed by atoms with van der Waals surface area (Å²) in [5, 5.41) is 3.51. The van der Waals surface area contributed by atoms with Gasteiger partial charge >= 0.3 is 0 Å². The number of aromatic nitrogens is 1. The van der Waals surface area contributed by atoms with Gasteiger partial charge in [-0.2, -0.15) is 0 Å². The fourth-order valence-electron chi connectivity index (χ4n) is 4.72. The molecule has 36 heavy (non-hydrogen) atoms. The van der Waals surface area contributed by atoms with Gasteiger partial charge in [-0.1, -0.05) is 45.0 Å². The fourth-order valence-corrected chi connectivity index (χ4v) is 6.63. The lowest BCUT2D eigenvalue weighted by Crippen LogP contribution is -2.35. The van der Waals surface area contributed by atoms with Gasteiger partial charge in [0.1, 0.15) is 5.82 Å². The van der Waals surface area contributed by atoms with Crippen molar-refractivity contribution in [1.29, 1.82) is 0 Å². The average Bonchev–Trinajstić information content (AvgIpc) is 3.38. The minimum atomic E-state index is -3.26. The Morgan fingerprint density at radius 1 is 1.11 bits per heavy atom. The number of nitrogens with zero attached hydrogens (tertiary/aromatic N) is 2. The number of carbonyl (C=O) groups is 1. The molecule has 0 saturated carbocycles. The van der Waals surface area contributed by atoms with E-state index in [-0.39, 0.29) is 40.9 Å². The number of halogens is 1. The maximum atomic E-state index is 13.3. The molecule has 0 spiro atoms. The number of carbonyl (C=O) groups excluding carboxylic acids is 1. The second kappa shape index (κ2) is 10.8. The van der Waals surface area contributed by atoms with Crippen LogP contribution in [0.15, 0.2) is 53.4 Å². The zero-order valence-corrected chi connectivity index (χ0v) is 22.6. The van der Waals surface area contributed by atoms with Crippen molar-refractivity contribution >= 4 is 32.2 Å². The van der Waals surface area contributed by atoms with Gasteiger partial charge in [-0.25, -0.2) is 17.8 Å². The maximum absolute atomic E-state index is 13.3. The number of hydrogen-bond acceptors (Lipinski definition) is 6. The third kappa shape index (κ3) is 5.85. The number of amides is 1. The molecule has 1 amide bonds. The Hall–Kier alpha value is -2.62. The number of sulfone groups is 1. The Morgan fingerprint density at radius 2 is 1.75 bits per heavy atom. The van der Waals surface area contributed by atoms with E-state index in [1.807, 2.05) is 12.1 Å². The largest absolute Gasteiger partial charge is 0.302 e. The molecule has 9 heteroatoms. The molecule has 4 rings (SSSR count). The molecule has 3 aromatic rings. The summed E-state index contributed by atoms with van der Waals surface area (Å²) in [6.45, 7) is 8.92. The van der Waals surface area contributed by atoms with Crippen molar-refractivity contribution in [3.63, 3.8) is 0 Å². The van der Waals surface area contributed by atoms with Crippen molar-refractivity contribution < 1.29 is 17.6 Å². The van der Waals surface area contributed by atoms with Crippen molar-refractivity contribution in [3.05, 3.63) is 76.0 Å².